The lowest BCUT2D eigenvalue weighted by Crippen LogP contribution is -2.12. The molecule has 3 heteroatoms. The molecule has 0 spiro atoms. The molecule has 1 saturated carbocycles. The molecule has 88 valence electrons. The van der Waals surface area contributed by atoms with E-state index in [9.17, 15) is 8.78 Å². The number of halogens is 3. The van der Waals surface area contributed by atoms with Crippen molar-refractivity contribution in [3.05, 3.63) is 34.4 Å². The van der Waals surface area contributed by atoms with Crippen LogP contribution in [0, 0.1) is 17.6 Å². The van der Waals surface area contributed by atoms with E-state index in [0.717, 1.165) is 25.7 Å². The average Bonchev–Trinajstić information content (AvgIpc) is 2.28. The monoisotopic (exact) mass is 244 g/mol. The summed E-state index contributed by atoms with van der Waals surface area (Å²) >= 11 is 5.53. The van der Waals surface area contributed by atoms with Crippen molar-refractivity contribution in [2.24, 2.45) is 5.92 Å². The Morgan fingerprint density at radius 2 is 1.69 bits per heavy atom. The SMILES string of the molecule is CC1CCC(c2ccc(Cl)c(F)c2F)CC1. The van der Waals surface area contributed by atoms with Crippen LogP contribution in [0.25, 0.3) is 0 Å². The van der Waals surface area contributed by atoms with Crippen LogP contribution >= 0.6 is 11.6 Å². The number of benzene rings is 1. The zero-order valence-corrected chi connectivity index (χ0v) is 10.0. The van der Waals surface area contributed by atoms with Gasteiger partial charge in [-0.2, -0.15) is 0 Å². The highest BCUT2D eigenvalue weighted by Gasteiger charge is 2.24. The summed E-state index contributed by atoms with van der Waals surface area (Å²) < 4.78 is 27.0. The van der Waals surface area contributed by atoms with Gasteiger partial charge in [-0.25, -0.2) is 8.78 Å². The average molecular weight is 245 g/mol. The molecule has 0 aliphatic heterocycles. The molecule has 1 fully saturated rings. The Labute approximate surface area is 99.6 Å². The molecule has 0 radical (unpaired) electrons. The van der Waals surface area contributed by atoms with Crippen LogP contribution in [0.5, 0.6) is 0 Å². The van der Waals surface area contributed by atoms with Crippen LogP contribution in [-0.4, -0.2) is 0 Å². The molecule has 0 heterocycles. The fourth-order valence-electron chi connectivity index (χ4n) is 2.43. The van der Waals surface area contributed by atoms with Crippen molar-refractivity contribution in [2.75, 3.05) is 0 Å². The van der Waals surface area contributed by atoms with Gasteiger partial charge in [0.15, 0.2) is 11.6 Å². The molecular formula is C13H15ClF2. The van der Waals surface area contributed by atoms with E-state index >= 15 is 0 Å². The zero-order chi connectivity index (χ0) is 11.7. The van der Waals surface area contributed by atoms with Crippen molar-refractivity contribution in [1.29, 1.82) is 0 Å². The Hall–Kier alpha value is -0.630. The largest absolute Gasteiger partial charge is 0.203 e. The fourth-order valence-corrected chi connectivity index (χ4v) is 2.57. The summed E-state index contributed by atoms with van der Waals surface area (Å²) in [6.07, 6.45) is 4.07. The van der Waals surface area contributed by atoms with Gasteiger partial charge in [-0.3, -0.25) is 0 Å². The second-order valence-corrected chi connectivity index (χ2v) is 5.13. The third kappa shape index (κ3) is 2.22. The highest BCUT2D eigenvalue weighted by Crippen LogP contribution is 2.37. The molecule has 0 N–H and O–H groups in total. The Morgan fingerprint density at radius 1 is 1.06 bits per heavy atom. The maximum atomic E-state index is 13.7. The van der Waals surface area contributed by atoms with Gasteiger partial charge < -0.3 is 0 Å². The summed E-state index contributed by atoms with van der Waals surface area (Å²) in [5.74, 6) is -0.802. The lowest BCUT2D eigenvalue weighted by Gasteiger charge is -2.26. The van der Waals surface area contributed by atoms with E-state index in [2.05, 4.69) is 6.92 Å². The predicted octanol–water partition coefficient (Wildman–Crippen LogP) is 4.91. The topological polar surface area (TPSA) is 0 Å². The molecule has 0 nitrogen and oxygen atoms in total. The molecule has 2 rings (SSSR count). The molecule has 1 aliphatic rings. The maximum absolute atomic E-state index is 13.7. The van der Waals surface area contributed by atoms with Crippen LogP contribution in [-0.2, 0) is 0 Å². The van der Waals surface area contributed by atoms with Gasteiger partial charge in [-0.05, 0) is 36.3 Å². The van der Waals surface area contributed by atoms with E-state index in [1.807, 2.05) is 0 Å². The Balaban J connectivity index is 2.24. The lowest BCUT2D eigenvalue weighted by atomic mass is 9.79. The number of rotatable bonds is 1. The Bertz CT molecular complexity index is 382. The van der Waals surface area contributed by atoms with Crippen molar-refractivity contribution in [3.8, 4) is 0 Å². The van der Waals surface area contributed by atoms with Gasteiger partial charge in [0.25, 0.3) is 0 Å². The molecule has 0 unspecified atom stereocenters. The molecule has 1 aromatic carbocycles. The van der Waals surface area contributed by atoms with Crippen LogP contribution in [0.2, 0.25) is 5.02 Å². The van der Waals surface area contributed by atoms with Crippen LogP contribution in [0.3, 0.4) is 0 Å². The first-order valence-corrected chi connectivity index (χ1v) is 6.10. The summed E-state index contributed by atoms with van der Waals surface area (Å²) in [6.45, 7) is 2.20. The lowest BCUT2D eigenvalue weighted by molar-refractivity contribution is 0.339. The molecule has 0 bridgehead atoms. The van der Waals surface area contributed by atoms with Gasteiger partial charge in [0.1, 0.15) is 0 Å². The van der Waals surface area contributed by atoms with Gasteiger partial charge in [0, 0.05) is 0 Å². The van der Waals surface area contributed by atoms with Crippen molar-refractivity contribution in [3.63, 3.8) is 0 Å². The Kier molecular flexibility index (Phi) is 3.48. The second kappa shape index (κ2) is 4.70. The number of hydrogen-bond donors (Lipinski definition) is 0. The third-order valence-corrected chi connectivity index (χ3v) is 3.81. The minimum absolute atomic E-state index is 0.134. The van der Waals surface area contributed by atoms with E-state index in [0.29, 0.717) is 11.5 Å². The minimum Gasteiger partial charge on any atom is -0.203 e. The maximum Gasteiger partial charge on any atom is 0.177 e. The predicted molar refractivity (Wildman–Crippen MR) is 61.7 cm³/mol. The van der Waals surface area contributed by atoms with Crippen LogP contribution in [0.1, 0.15) is 44.1 Å². The van der Waals surface area contributed by atoms with E-state index in [-0.39, 0.29) is 10.9 Å². The van der Waals surface area contributed by atoms with Gasteiger partial charge in [-0.1, -0.05) is 37.4 Å². The summed E-state index contributed by atoms with van der Waals surface area (Å²) in [5, 5.41) is -0.134. The number of hydrogen-bond acceptors (Lipinski definition) is 0. The summed E-state index contributed by atoms with van der Waals surface area (Å²) in [6, 6.07) is 3.08. The molecule has 1 aromatic rings. The molecule has 0 aromatic heterocycles. The minimum atomic E-state index is -0.905. The van der Waals surface area contributed by atoms with Crippen LogP contribution in [0.15, 0.2) is 12.1 Å². The van der Waals surface area contributed by atoms with Crippen molar-refractivity contribution < 1.29 is 8.78 Å². The van der Waals surface area contributed by atoms with Crippen molar-refractivity contribution >= 4 is 11.6 Å². The summed E-state index contributed by atoms with van der Waals surface area (Å²) in [5.41, 5.74) is 0.494. The smallest absolute Gasteiger partial charge is 0.177 e. The quantitative estimate of drug-likeness (QED) is 0.616. The third-order valence-electron chi connectivity index (χ3n) is 3.52. The molecule has 0 atom stereocenters. The van der Waals surface area contributed by atoms with Gasteiger partial charge in [-0.15, -0.1) is 0 Å². The van der Waals surface area contributed by atoms with Crippen molar-refractivity contribution in [2.45, 2.75) is 38.5 Å². The summed E-state index contributed by atoms with van der Waals surface area (Å²) in [7, 11) is 0. The normalized spacial score (nSPS) is 25.8. The first-order chi connectivity index (χ1) is 7.59. The standard InChI is InChI=1S/C13H15ClF2/c1-8-2-4-9(5-3-8)10-6-7-11(14)13(16)12(10)15/h6-9H,2-5H2,1H3. The zero-order valence-electron chi connectivity index (χ0n) is 9.27. The van der Waals surface area contributed by atoms with E-state index < -0.39 is 11.6 Å². The van der Waals surface area contributed by atoms with E-state index in [1.165, 1.54) is 6.07 Å². The molecule has 0 saturated heterocycles. The highest BCUT2D eigenvalue weighted by atomic mass is 35.5. The molecule has 0 amide bonds. The Morgan fingerprint density at radius 3 is 2.31 bits per heavy atom. The molecule has 16 heavy (non-hydrogen) atoms. The van der Waals surface area contributed by atoms with E-state index in [1.54, 1.807) is 6.07 Å². The molecule has 1 aliphatic carbocycles. The highest BCUT2D eigenvalue weighted by molar-refractivity contribution is 6.30. The first-order valence-electron chi connectivity index (χ1n) is 5.73. The van der Waals surface area contributed by atoms with Crippen molar-refractivity contribution in [1.82, 2.24) is 0 Å². The summed E-state index contributed by atoms with van der Waals surface area (Å²) in [4.78, 5) is 0. The van der Waals surface area contributed by atoms with E-state index in [4.69, 9.17) is 11.6 Å². The van der Waals surface area contributed by atoms with Gasteiger partial charge in [0.05, 0.1) is 5.02 Å². The molecular weight excluding hydrogens is 230 g/mol. The first kappa shape index (κ1) is 11.8. The van der Waals surface area contributed by atoms with Gasteiger partial charge in [0.2, 0.25) is 0 Å². The second-order valence-electron chi connectivity index (χ2n) is 4.72. The van der Waals surface area contributed by atoms with Crippen LogP contribution < -0.4 is 0 Å². The van der Waals surface area contributed by atoms with Crippen LogP contribution in [0.4, 0.5) is 8.78 Å². The fraction of sp³-hybridized carbons (Fsp3) is 0.538. The van der Waals surface area contributed by atoms with Gasteiger partial charge >= 0.3 is 0 Å².